The van der Waals surface area contributed by atoms with E-state index in [1.165, 1.54) is 4.68 Å². The zero-order chi connectivity index (χ0) is 21.6. The molecule has 0 spiro atoms. The molecule has 154 valence electrons. The Morgan fingerprint density at radius 3 is 2.60 bits per heavy atom. The van der Waals surface area contributed by atoms with Gasteiger partial charge in [-0.15, -0.1) is 0 Å². The highest BCUT2D eigenvalue weighted by molar-refractivity contribution is 6.30. The number of fused-ring (bicyclic) bond motifs is 1. The Hall–Kier alpha value is -3.33. The molecule has 4 rings (SSSR count). The molecule has 1 atom stereocenters. The lowest BCUT2D eigenvalue weighted by atomic mass is 10.1. The minimum atomic E-state index is -1.64. The van der Waals surface area contributed by atoms with Gasteiger partial charge in [0.15, 0.2) is 17.5 Å². The molecule has 3 aromatic rings. The summed E-state index contributed by atoms with van der Waals surface area (Å²) < 4.78 is 41.4. The fourth-order valence-corrected chi connectivity index (χ4v) is 3.50. The van der Waals surface area contributed by atoms with E-state index in [2.05, 4.69) is 15.7 Å². The number of nitrogens with one attached hydrogen (secondary N) is 2. The minimum Gasteiger partial charge on any atom is -0.324 e. The Labute approximate surface area is 173 Å². The summed E-state index contributed by atoms with van der Waals surface area (Å²) in [7, 11) is 0. The third kappa shape index (κ3) is 3.52. The Morgan fingerprint density at radius 2 is 1.93 bits per heavy atom. The maximum Gasteiger partial charge on any atom is 0.249 e. The van der Waals surface area contributed by atoms with Crippen LogP contribution in [0.2, 0.25) is 5.02 Å². The van der Waals surface area contributed by atoms with Crippen LogP contribution in [0.25, 0.3) is 11.3 Å². The number of anilines is 2. The normalized spacial score (nSPS) is 15.5. The summed E-state index contributed by atoms with van der Waals surface area (Å²) in [6.07, 6.45) is -0.235. The predicted octanol–water partition coefficient (Wildman–Crippen LogP) is 4.45. The van der Waals surface area contributed by atoms with Crippen LogP contribution < -0.4 is 10.6 Å². The molecule has 0 aliphatic carbocycles. The van der Waals surface area contributed by atoms with Crippen molar-refractivity contribution in [2.24, 2.45) is 0 Å². The molecule has 0 saturated carbocycles. The molecule has 0 bridgehead atoms. The van der Waals surface area contributed by atoms with Crippen molar-refractivity contribution >= 4 is 34.9 Å². The number of amides is 2. The van der Waals surface area contributed by atoms with Gasteiger partial charge in [-0.1, -0.05) is 23.7 Å². The molecule has 2 aromatic carbocycles. The van der Waals surface area contributed by atoms with Gasteiger partial charge in [0, 0.05) is 34.0 Å². The zero-order valence-corrected chi connectivity index (χ0v) is 16.2. The number of carbonyl (C=O) groups is 2. The van der Waals surface area contributed by atoms with E-state index in [1.807, 2.05) is 0 Å². The molecule has 6 nitrogen and oxygen atoms in total. The largest absolute Gasteiger partial charge is 0.324 e. The number of carbonyl (C=O) groups excluding carboxylic acids is 2. The molecular weight excluding hydrogens is 421 g/mol. The van der Waals surface area contributed by atoms with Crippen molar-refractivity contribution in [2.45, 2.75) is 19.4 Å². The van der Waals surface area contributed by atoms with Crippen molar-refractivity contribution in [3.05, 3.63) is 64.4 Å². The number of aromatic nitrogens is 2. The van der Waals surface area contributed by atoms with Gasteiger partial charge in [0.05, 0.1) is 12.1 Å². The first-order chi connectivity index (χ1) is 14.2. The molecule has 2 amide bonds. The maximum absolute atomic E-state index is 13.5. The second kappa shape index (κ2) is 7.49. The van der Waals surface area contributed by atoms with E-state index in [9.17, 15) is 22.8 Å². The van der Waals surface area contributed by atoms with Crippen LogP contribution in [0.3, 0.4) is 0 Å². The van der Waals surface area contributed by atoms with Crippen molar-refractivity contribution in [1.82, 2.24) is 9.78 Å². The molecule has 2 heterocycles. The van der Waals surface area contributed by atoms with Crippen LogP contribution in [0.5, 0.6) is 0 Å². The van der Waals surface area contributed by atoms with Crippen molar-refractivity contribution in [2.75, 3.05) is 10.6 Å². The van der Waals surface area contributed by atoms with Gasteiger partial charge in [0.25, 0.3) is 0 Å². The SMILES string of the molecule is Cc1c(-c2cccc(Cl)c2)nn2c1NC(=O)C[C@@H]2C(=O)Nc1cc(F)c(F)c(F)c1. The van der Waals surface area contributed by atoms with Gasteiger partial charge in [-0.2, -0.15) is 5.10 Å². The predicted molar refractivity (Wildman–Crippen MR) is 105 cm³/mol. The fourth-order valence-electron chi connectivity index (χ4n) is 3.31. The number of benzene rings is 2. The van der Waals surface area contributed by atoms with Gasteiger partial charge in [0.2, 0.25) is 11.8 Å². The number of rotatable bonds is 3. The van der Waals surface area contributed by atoms with E-state index in [-0.39, 0.29) is 12.1 Å². The summed E-state index contributed by atoms with van der Waals surface area (Å²) in [5.74, 6) is -5.33. The first kappa shape index (κ1) is 20.0. The van der Waals surface area contributed by atoms with Crippen LogP contribution in [0.1, 0.15) is 18.0 Å². The van der Waals surface area contributed by atoms with Crippen LogP contribution in [-0.2, 0) is 9.59 Å². The molecule has 0 saturated heterocycles. The number of halogens is 4. The summed E-state index contributed by atoms with van der Waals surface area (Å²) in [6, 6.07) is 7.18. The average Bonchev–Trinajstić information content (AvgIpc) is 3.02. The second-order valence-electron chi connectivity index (χ2n) is 6.79. The quantitative estimate of drug-likeness (QED) is 0.598. The summed E-state index contributed by atoms with van der Waals surface area (Å²) in [5.41, 5.74) is 1.56. The monoisotopic (exact) mass is 434 g/mol. The lowest BCUT2D eigenvalue weighted by molar-refractivity contribution is -0.125. The molecule has 0 radical (unpaired) electrons. The third-order valence-electron chi connectivity index (χ3n) is 4.73. The summed E-state index contributed by atoms with van der Waals surface area (Å²) in [4.78, 5) is 25.0. The molecular formula is C20H14ClF3N4O2. The number of nitrogens with zero attached hydrogens (tertiary/aromatic N) is 2. The third-order valence-corrected chi connectivity index (χ3v) is 4.97. The van der Waals surface area contributed by atoms with E-state index in [0.717, 1.165) is 0 Å². The molecule has 0 fully saturated rings. The van der Waals surface area contributed by atoms with E-state index >= 15 is 0 Å². The number of hydrogen-bond donors (Lipinski definition) is 2. The van der Waals surface area contributed by atoms with Gasteiger partial charge in [-0.05, 0) is 19.1 Å². The first-order valence-electron chi connectivity index (χ1n) is 8.85. The second-order valence-corrected chi connectivity index (χ2v) is 7.22. The Bertz CT molecular complexity index is 1170. The lowest BCUT2D eigenvalue weighted by Crippen LogP contribution is -2.36. The van der Waals surface area contributed by atoms with E-state index < -0.39 is 35.3 Å². The summed E-state index contributed by atoms with van der Waals surface area (Å²) in [6.45, 7) is 1.74. The van der Waals surface area contributed by atoms with Crippen molar-refractivity contribution < 1.29 is 22.8 Å². The zero-order valence-electron chi connectivity index (χ0n) is 15.5. The van der Waals surface area contributed by atoms with Gasteiger partial charge >= 0.3 is 0 Å². The van der Waals surface area contributed by atoms with Crippen LogP contribution in [0, 0.1) is 24.4 Å². The van der Waals surface area contributed by atoms with Gasteiger partial charge in [-0.3, -0.25) is 9.59 Å². The lowest BCUT2D eigenvalue weighted by Gasteiger charge is -2.24. The summed E-state index contributed by atoms with van der Waals surface area (Å²) >= 11 is 6.05. The Balaban J connectivity index is 1.70. The smallest absolute Gasteiger partial charge is 0.249 e. The van der Waals surface area contributed by atoms with E-state index in [0.29, 0.717) is 39.8 Å². The topological polar surface area (TPSA) is 76.0 Å². The van der Waals surface area contributed by atoms with E-state index in [1.54, 1.807) is 31.2 Å². The molecule has 1 aromatic heterocycles. The molecule has 1 aliphatic rings. The average molecular weight is 435 g/mol. The van der Waals surface area contributed by atoms with Gasteiger partial charge in [0.1, 0.15) is 11.9 Å². The van der Waals surface area contributed by atoms with Gasteiger partial charge in [-0.25, -0.2) is 17.9 Å². The van der Waals surface area contributed by atoms with Crippen molar-refractivity contribution in [3.8, 4) is 11.3 Å². The highest BCUT2D eigenvalue weighted by Crippen LogP contribution is 2.35. The first-order valence-corrected chi connectivity index (χ1v) is 9.22. The molecule has 10 heteroatoms. The van der Waals surface area contributed by atoms with Crippen LogP contribution >= 0.6 is 11.6 Å². The minimum absolute atomic E-state index is 0.235. The Morgan fingerprint density at radius 1 is 1.23 bits per heavy atom. The highest BCUT2D eigenvalue weighted by atomic mass is 35.5. The van der Waals surface area contributed by atoms with Crippen LogP contribution in [0.4, 0.5) is 24.7 Å². The maximum atomic E-state index is 13.5. The molecule has 1 aliphatic heterocycles. The fraction of sp³-hybridized carbons (Fsp3) is 0.150. The molecule has 2 N–H and O–H groups in total. The Kier molecular flexibility index (Phi) is 4.98. The van der Waals surface area contributed by atoms with Crippen molar-refractivity contribution in [3.63, 3.8) is 0 Å². The highest BCUT2D eigenvalue weighted by Gasteiger charge is 2.34. The number of hydrogen-bond acceptors (Lipinski definition) is 3. The molecule has 30 heavy (non-hydrogen) atoms. The molecule has 0 unspecified atom stereocenters. The standard InChI is InChI=1S/C20H14ClF3N4O2/c1-9-18(10-3-2-4-11(21)5-10)27-28-15(8-16(29)26-19(9)28)20(30)25-12-6-13(22)17(24)14(23)7-12/h2-7,15H,8H2,1H3,(H,25,30)(H,26,29)/t15-/m1/s1. The van der Waals surface area contributed by atoms with Crippen LogP contribution in [-0.4, -0.2) is 21.6 Å². The van der Waals surface area contributed by atoms with E-state index in [4.69, 9.17) is 11.6 Å². The van der Waals surface area contributed by atoms with Crippen LogP contribution in [0.15, 0.2) is 36.4 Å². The van der Waals surface area contributed by atoms with Gasteiger partial charge < -0.3 is 10.6 Å². The van der Waals surface area contributed by atoms with Crippen molar-refractivity contribution in [1.29, 1.82) is 0 Å². The summed E-state index contributed by atoms with van der Waals surface area (Å²) in [5, 5.41) is 9.96.